The number of anilines is 1. The molecule has 6 heteroatoms. The Bertz CT molecular complexity index is 813. The number of methoxy groups -OCH3 is 1. The van der Waals surface area contributed by atoms with Gasteiger partial charge in [0.15, 0.2) is 17.3 Å². The van der Waals surface area contributed by atoms with E-state index in [1.54, 1.807) is 42.5 Å². The highest BCUT2D eigenvalue weighted by atomic mass is 16.7. The third-order valence-electron chi connectivity index (χ3n) is 3.43. The van der Waals surface area contributed by atoms with Crippen molar-refractivity contribution < 1.29 is 23.8 Å². The third-order valence-corrected chi connectivity index (χ3v) is 3.43. The summed E-state index contributed by atoms with van der Waals surface area (Å²) >= 11 is 0. The molecule has 1 N–H and O–H groups in total. The molecule has 0 radical (unpaired) electrons. The van der Waals surface area contributed by atoms with Crippen molar-refractivity contribution in [1.82, 2.24) is 0 Å². The number of esters is 1. The molecule has 0 fully saturated rings. The molecule has 1 heterocycles. The maximum absolute atomic E-state index is 12.2. The molecule has 0 aliphatic carbocycles. The summed E-state index contributed by atoms with van der Waals surface area (Å²) < 4.78 is 15.1. The van der Waals surface area contributed by atoms with Crippen LogP contribution >= 0.6 is 0 Å². The summed E-state index contributed by atoms with van der Waals surface area (Å²) in [5, 5.41) is 2.95. The maximum atomic E-state index is 12.2. The van der Waals surface area contributed by atoms with Gasteiger partial charge in [0.25, 0.3) is 0 Å². The van der Waals surface area contributed by atoms with Crippen LogP contribution in [0.2, 0.25) is 0 Å². The lowest BCUT2D eigenvalue weighted by atomic mass is 10.1. The molecule has 0 bridgehead atoms. The number of hydrogen-bond acceptors (Lipinski definition) is 6. The SMILES string of the molecule is COC(=O)c1cccc(NC=CC(=O)c2ccc3c(c2)OCO3)c1. The summed E-state index contributed by atoms with van der Waals surface area (Å²) in [6, 6.07) is 11.8. The van der Waals surface area contributed by atoms with Crippen LogP contribution in [-0.2, 0) is 4.74 Å². The molecule has 1 aliphatic rings. The van der Waals surface area contributed by atoms with Gasteiger partial charge < -0.3 is 19.5 Å². The Kier molecular flexibility index (Phi) is 4.47. The van der Waals surface area contributed by atoms with Crippen molar-refractivity contribution in [2.75, 3.05) is 19.2 Å². The van der Waals surface area contributed by atoms with Crippen molar-refractivity contribution in [2.45, 2.75) is 0 Å². The first-order valence-electron chi connectivity index (χ1n) is 7.23. The minimum Gasteiger partial charge on any atom is -0.465 e. The van der Waals surface area contributed by atoms with Crippen molar-refractivity contribution >= 4 is 17.4 Å². The fourth-order valence-corrected chi connectivity index (χ4v) is 2.21. The average Bonchev–Trinajstić information content (AvgIpc) is 3.09. The summed E-state index contributed by atoms with van der Waals surface area (Å²) in [5.74, 6) is 0.602. The zero-order valence-corrected chi connectivity index (χ0v) is 12.9. The van der Waals surface area contributed by atoms with Gasteiger partial charge in [0, 0.05) is 23.5 Å². The fraction of sp³-hybridized carbons (Fsp3) is 0.111. The molecule has 3 rings (SSSR count). The number of ether oxygens (including phenoxy) is 3. The zero-order valence-electron chi connectivity index (χ0n) is 12.9. The Hall–Kier alpha value is -3.28. The number of nitrogens with one attached hydrogen (secondary N) is 1. The number of ketones is 1. The van der Waals surface area contributed by atoms with Crippen molar-refractivity contribution in [1.29, 1.82) is 0 Å². The number of rotatable bonds is 5. The Morgan fingerprint density at radius 1 is 1.08 bits per heavy atom. The average molecular weight is 325 g/mol. The lowest BCUT2D eigenvalue weighted by Crippen LogP contribution is -2.01. The van der Waals surface area contributed by atoms with E-state index in [2.05, 4.69) is 10.1 Å². The van der Waals surface area contributed by atoms with Gasteiger partial charge in [0.1, 0.15) is 0 Å². The standard InChI is InChI=1S/C18H15NO5/c1-22-18(21)13-3-2-4-14(9-13)19-8-7-15(20)12-5-6-16-17(10-12)24-11-23-16/h2-10,19H,11H2,1H3. The van der Waals surface area contributed by atoms with Crippen LogP contribution in [-0.4, -0.2) is 25.7 Å². The molecule has 0 saturated carbocycles. The number of benzene rings is 2. The Balaban J connectivity index is 1.66. The largest absolute Gasteiger partial charge is 0.465 e. The number of carbonyl (C=O) groups excluding carboxylic acids is 2. The summed E-state index contributed by atoms with van der Waals surface area (Å²) in [5.41, 5.74) is 1.60. The number of carbonyl (C=O) groups is 2. The van der Waals surface area contributed by atoms with E-state index in [1.807, 2.05) is 0 Å². The van der Waals surface area contributed by atoms with E-state index in [0.29, 0.717) is 28.3 Å². The molecule has 0 unspecified atom stereocenters. The number of hydrogen-bond donors (Lipinski definition) is 1. The minimum absolute atomic E-state index is 0.168. The van der Waals surface area contributed by atoms with Crippen molar-refractivity contribution in [2.24, 2.45) is 0 Å². The van der Waals surface area contributed by atoms with Crippen LogP contribution in [0.3, 0.4) is 0 Å². The monoisotopic (exact) mass is 325 g/mol. The second kappa shape index (κ2) is 6.87. The van der Waals surface area contributed by atoms with Gasteiger partial charge >= 0.3 is 5.97 Å². The first kappa shape index (κ1) is 15.6. The number of fused-ring (bicyclic) bond motifs is 1. The minimum atomic E-state index is -0.418. The van der Waals surface area contributed by atoms with Crippen LogP contribution < -0.4 is 14.8 Å². The fourth-order valence-electron chi connectivity index (χ4n) is 2.21. The van der Waals surface area contributed by atoms with Gasteiger partial charge in [-0.05, 0) is 36.4 Å². The Morgan fingerprint density at radius 3 is 2.75 bits per heavy atom. The van der Waals surface area contributed by atoms with E-state index in [9.17, 15) is 9.59 Å². The van der Waals surface area contributed by atoms with Crippen molar-refractivity contribution in [3.8, 4) is 11.5 Å². The lowest BCUT2D eigenvalue weighted by molar-refractivity contribution is 0.0600. The molecule has 2 aromatic carbocycles. The first-order valence-corrected chi connectivity index (χ1v) is 7.23. The summed E-state index contributed by atoms with van der Waals surface area (Å²) in [6.45, 7) is 0.168. The number of allylic oxidation sites excluding steroid dienone is 1. The molecule has 6 nitrogen and oxygen atoms in total. The van der Waals surface area contributed by atoms with Gasteiger partial charge in [0.2, 0.25) is 6.79 Å². The lowest BCUT2D eigenvalue weighted by Gasteiger charge is -2.03. The molecular formula is C18H15NO5. The second-order valence-corrected chi connectivity index (χ2v) is 4.98. The molecule has 0 atom stereocenters. The topological polar surface area (TPSA) is 73.9 Å². The van der Waals surface area contributed by atoms with E-state index < -0.39 is 5.97 Å². The van der Waals surface area contributed by atoms with Crippen LogP contribution in [0, 0.1) is 0 Å². The summed E-state index contributed by atoms with van der Waals surface area (Å²) in [4.78, 5) is 23.6. The van der Waals surface area contributed by atoms with Crippen LogP contribution in [0.4, 0.5) is 5.69 Å². The van der Waals surface area contributed by atoms with Crippen LogP contribution in [0.1, 0.15) is 20.7 Å². The Labute approximate surface area is 138 Å². The smallest absolute Gasteiger partial charge is 0.337 e. The summed E-state index contributed by atoms with van der Waals surface area (Å²) in [7, 11) is 1.33. The third kappa shape index (κ3) is 3.38. The van der Waals surface area contributed by atoms with Gasteiger partial charge in [-0.15, -0.1) is 0 Å². The normalized spacial score (nSPS) is 12.2. The van der Waals surface area contributed by atoms with E-state index in [0.717, 1.165) is 0 Å². The first-order chi connectivity index (χ1) is 11.7. The predicted molar refractivity (Wildman–Crippen MR) is 87.4 cm³/mol. The summed E-state index contributed by atoms with van der Waals surface area (Å²) in [6.07, 6.45) is 2.92. The van der Waals surface area contributed by atoms with Crippen molar-refractivity contribution in [3.05, 3.63) is 65.9 Å². The molecule has 2 aromatic rings. The van der Waals surface area contributed by atoms with Gasteiger partial charge in [-0.3, -0.25) is 4.79 Å². The molecule has 24 heavy (non-hydrogen) atoms. The highest BCUT2D eigenvalue weighted by Gasteiger charge is 2.15. The highest BCUT2D eigenvalue weighted by molar-refractivity contribution is 6.05. The maximum Gasteiger partial charge on any atom is 0.337 e. The quantitative estimate of drug-likeness (QED) is 0.517. The van der Waals surface area contributed by atoms with Crippen LogP contribution in [0.15, 0.2) is 54.7 Å². The zero-order chi connectivity index (χ0) is 16.9. The Morgan fingerprint density at radius 2 is 1.92 bits per heavy atom. The molecule has 0 amide bonds. The predicted octanol–water partition coefficient (Wildman–Crippen LogP) is 3.01. The van der Waals surface area contributed by atoms with E-state index >= 15 is 0 Å². The molecule has 122 valence electrons. The van der Waals surface area contributed by atoms with Gasteiger partial charge in [-0.1, -0.05) is 6.07 Å². The van der Waals surface area contributed by atoms with Gasteiger partial charge in [-0.2, -0.15) is 0 Å². The molecular weight excluding hydrogens is 310 g/mol. The van der Waals surface area contributed by atoms with Gasteiger partial charge in [0.05, 0.1) is 12.7 Å². The van der Waals surface area contributed by atoms with Crippen LogP contribution in [0.5, 0.6) is 11.5 Å². The van der Waals surface area contributed by atoms with E-state index in [4.69, 9.17) is 9.47 Å². The highest BCUT2D eigenvalue weighted by Crippen LogP contribution is 2.32. The van der Waals surface area contributed by atoms with E-state index in [1.165, 1.54) is 19.4 Å². The van der Waals surface area contributed by atoms with Gasteiger partial charge in [-0.25, -0.2) is 4.79 Å². The van der Waals surface area contributed by atoms with Crippen LogP contribution in [0.25, 0.3) is 0 Å². The second-order valence-electron chi connectivity index (χ2n) is 4.98. The molecule has 0 saturated heterocycles. The molecule has 0 spiro atoms. The van der Waals surface area contributed by atoms with Crippen molar-refractivity contribution in [3.63, 3.8) is 0 Å². The molecule has 0 aromatic heterocycles. The van der Waals surface area contributed by atoms with E-state index in [-0.39, 0.29) is 12.6 Å². The molecule has 1 aliphatic heterocycles.